The molecule has 0 fully saturated rings. The van der Waals surface area contributed by atoms with E-state index < -0.39 is 12.3 Å². The Morgan fingerprint density at radius 3 is 2.48 bits per heavy atom. The van der Waals surface area contributed by atoms with Gasteiger partial charge in [0.25, 0.3) is 18.2 Å². The average molecular weight is 329 g/mol. The highest BCUT2D eigenvalue weighted by atomic mass is 19.3. The monoisotopic (exact) mass is 329 g/mol. The molecule has 0 bridgehead atoms. The zero-order valence-corrected chi connectivity index (χ0v) is 13.2. The molecule has 0 aliphatic heterocycles. The summed E-state index contributed by atoms with van der Waals surface area (Å²) in [6.07, 6.45) is -2.41. The van der Waals surface area contributed by atoms with Gasteiger partial charge in [-0.25, -0.2) is 8.78 Å². The molecule has 0 radical (unpaired) electrons. The van der Waals surface area contributed by atoms with E-state index in [9.17, 15) is 18.4 Å². The van der Waals surface area contributed by atoms with Crippen LogP contribution in [0.25, 0.3) is 0 Å². The third-order valence-electron chi connectivity index (χ3n) is 3.10. The van der Waals surface area contributed by atoms with Crippen molar-refractivity contribution >= 4 is 11.8 Å². The first-order valence-electron chi connectivity index (χ1n) is 7.03. The van der Waals surface area contributed by atoms with Gasteiger partial charge in [-0.05, 0) is 19.2 Å². The SMILES string of the molecule is CN(CCN(C)C(=O)c1ccccc1OCC(N)=O)CC(F)F. The first kappa shape index (κ1) is 18.8. The maximum absolute atomic E-state index is 12.4. The normalized spacial score (nSPS) is 10.9. The number of nitrogens with two attached hydrogens (primary N) is 1. The Morgan fingerprint density at radius 2 is 1.87 bits per heavy atom. The summed E-state index contributed by atoms with van der Waals surface area (Å²) >= 11 is 0. The number of carbonyl (C=O) groups is 2. The number of hydrogen-bond acceptors (Lipinski definition) is 4. The predicted molar refractivity (Wildman–Crippen MR) is 81.6 cm³/mol. The Labute approximate surface area is 133 Å². The Bertz CT molecular complexity index is 540. The number of nitrogens with zero attached hydrogens (tertiary/aromatic N) is 2. The summed E-state index contributed by atoms with van der Waals surface area (Å²) in [5.74, 6) is -0.714. The fraction of sp³-hybridized carbons (Fsp3) is 0.467. The Hall–Kier alpha value is -2.22. The fourth-order valence-electron chi connectivity index (χ4n) is 1.87. The second kappa shape index (κ2) is 9.04. The summed E-state index contributed by atoms with van der Waals surface area (Å²) in [4.78, 5) is 26.1. The Balaban J connectivity index is 2.67. The average Bonchev–Trinajstić information content (AvgIpc) is 2.49. The van der Waals surface area contributed by atoms with E-state index in [1.54, 1.807) is 38.4 Å². The molecule has 0 aliphatic rings. The summed E-state index contributed by atoms with van der Waals surface area (Å²) in [5.41, 5.74) is 5.31. The van der Waals surface area contributed by atoms with E-state index in [4.69, 9.17) is 10.5 Å². The highest BCUT2D eigenvalue weighted by Crippen LogP contribution is 2.19. The van der Waals surface area contributed by atoms with Crippen molar-refractivity contribution in [2.24, 2.45) is 5.73 Å². The summed E-state index contributed by atoms with van der Waals surface area (Å²) in [6.45, 7) is -0.0748. The molecule has 0 aliphatic carbocycles. The second-order valence-electron chi connectivity index (χ2n) is 5.13. The molecule has 1 rings (SSSR count). The Morgan fingerprint density at radius 1 is 1.22 bits per heavy atom. The quantitative estimate of drug-likeness (QED) is 0.728. The molecule has 1 aromatic rings. The van der Waals surface area contributed by atoms with Crippen molar-refractivity contribution < 1.29 is 23.1 Å². The van der Waals surface area contributed by atoms with Crippen LogP contribution in [-0.4, -0.2) is 68.4 Å². The van der Waals surface area contributed by atoms with E-state index in [0.717, 1.165) is 0 Å². The van der Waals surface area contributed by atoms with Crippen molar-refractivity contribution in [1.82, 2.24) is 9.80 Å². The van der Waals surface area contributed by atoms with Crippen LogP contribution in [0.15, 0.2) is 24.3 Å². The molecule has 0 saturated heterocycles. The van der Waals surface area contributed by atoms with Gasteiger partial charge in [0.2, 0.25) is 0 Å². The van der Waals surface area contributed by atoms with Gasteiger partial charge in [0.1, 0.15) is 5.75 Å². The maximum atomic E-state index is 12.4. The lowest BCUT2D eigenvalue weighted by Crippen LogP contribution is -2.36. The van der Waals surface area contributed by atoms with Crippen LogP contribution in [0.4, 0.5) is 8.78 Å². The number of amides is 2. The number of ether oxygens (including phenoxy) is 1. The van der Waals surface area contributed by atoms with Gasteiger partial charge < -0.3 is 15.4 Å². The lowest BCUT2D eigenvalue weighted by atomic mass is 10.1. The smallest absolute Gasteiger partial charge is 0.257 e. The lowest BCUT2D eigenvalue weighted by molar-refractivity contribution is -0.119. The summed E-state index contributed by atoms with van der Waals surface area (Å²) in [5, 5.41) is 0. The van der Waals surface area contributed by atoms with Crippen LogP contribution in [0.3, 0.4) is 0 Å². The van der Waals surface area contributed by atoms with E-state index in [1.807, 2.05) is 0 Å². The van der Waals surface area contributed by atoms with Crippen LogP contribution < -0.4 is 10.5 Å². The number of halogens is 2. The number of rotatable bonds is 9. The van der Waals surface area contributed by atoms with E-state index >= 15 is 0 Å². The molecule has 0 atom stereocenters. The largest absolute Gasteiger partial charge is 0.483 e. The van der Waals surface area contributed by atoms with Gasteiger partial charge in [-0.15, -0.1) is 0 Å². The van der Waals surface area contributed by atoms with Gasteiger partial charge >= 0.3 is 0 Å². The zero-order chi connectivity index (χ0) is 17.4. The number of likely N-dealkylation sites (N-methyl/N-ethyl adjacent to an activating group) is 2. The minimum Gasteiger partial charge on any atom is -0.483 e. The van der Waals surface area contributed by atoms with Gasteiger partial charge in [-0.2, -0.15) is 0 Å². The van der Waals surface area contributed by atoms with Crippen LogP contribution >= 0.6 is 0 Å². The van der Waals surface area contributed by atoms with E-state index in [-0.39, 0.29) is 36.9 Å². The molecule has 2 amide bonds. The maximum Gasteiger partial charge on any atom is 0.257 e. The highest BCUT2D eigenvalue weighted by Gasteiger charge is 2.17. The van der Waals surface area contributed by atoms with Crippen molar-refractivity contribution in [3.8, 4) is 5.75 Å². The van der Waals surface area contributed by atoms with Crippen LogP contribution in [0.1, 0.15) is 10.4 Å². The molecule has 23 heavy (non-hydrogen) atoms. The molecule has 2 N–H and O–H groups in total. The molecule has 128 valence electrons. The van der Waals surface area contributed by atoms with E-state index in [2.05, 4.69) is 0 Å². The third-order valence-corrected chi connectivity index (χ3v) is 3.10. The summed E-state index contributed by atoms with van der Waals surface area (Å²) < 4.78 is 29.7. The molecule has 0 heterocycles. The molecule has 8 heteroatoms. The van der Waals surface area contributed by atoms with Crippen molar-refractivity contribution in [3.63, 3.8) is 0 Å². The van der Waals surface area contributed by atoms with Crippen molar-refractivity contribution in [3.05, 3.63) is 29.8 Å². The van der Waals surface area contributed by atoms with Crippen LogP contribution in [0, 0.1) is 0 Å². The summed E-state index contributed by atoms with van der Waals surface area (Å²) in [6, 6.07) is 6.47. The summed E-state index contributed by atoms with van der Waals surface area (Å²) in [7, 11) is 3.14. The van der Waals surface area contributed by atoms with Crippen molar-refractivity contribution in [2.45, 2.75) is 6.43 Å². The third kappa shape index (κ3) is 6.60. The fourth-order valence-corrected chi connectivity index (χ4v) is 1.87. The zero-order valence-electron chi connectivity index (χ0n) is 13.2. The van der Waals surface area contributed by atoms with Crippen LogP contribution in [0.5, 0.6) is 5.75 Å². The van der Waals surface area contributed by atoms with Gasteiger partial charge in [0.15, 0.2) is 6.61 Å². The van der Waals surface area contributed by atoms with Crippen LogP contribution in [-0.2, 0) is 4.79 Å². The molecule has 0 unspecified atom stereocenters. The van der Waals surface area contributed by atoms with Gasteiger partial charge in [-0.1, -0.05) is 12.1 Å². The first-order valence-corrected chi connectivity index (χ1v) is 7.03. The van der Waals surface area contributed by atoms with Crippen molar-refractivity contribution in [2.75, 3.05) is 40.3 Å². The van der Waals surface area contributed by atoms with Gasteiger partial charge in [-0.3, -0.25) is 14.5 Å². The Kier molecular flexibility index (Phi) is 7.40. The molecule has 0 aromatic heterocycles. The van der Waals surface area contributed by atoms with Crippen molar-refractivity contribution in [1.29, 1.82) is 0 Å². The highest BCUT2D eigenvalue weighted by molar-refractivity contribution is 5.96. The van der Waals surface area contributed by atoms with Gasteiger partial charge in [0.05, 0.1) is 12.1 Å². The van der Waals surface area contributed by atoms with Gasteiger partial charge in [0, 0.05) is 20.1 Å². The number of hydrogen-bond donors (Lipinski definition) is 1. The molecular formula is C15H21F2N3O3. The number of carbonyl (C=O) groups excluding carboxylic acids is 2. The standard InChI is InChI=1S/C15H21F2N3O3/c1-19(9-13(16)17)7-8-20(2)15(22)11-5-3-4-6-12(11)23-10-14(18)21/h3-6,13H,7-10H2,1-2H3,(H2,18,21). The topological polar surface area (TPSA) is 75.9 Å². The number of para-hydroxylation sites is 1. The van der Waals surface area contributed by atoms with Crippen LogP contribution in [0.2, 0.25) is 0 Å². The number of benzene rings is 1. The number of alkyl halides is 2. The minimum absolute atomic E-state index is 0.254. The number of primary amides is 1. The predicted octanol–water partition coefficient (Wildman–Crippen LogP) is 0.820. The van der Waals surface area contributed by atoms with E-state index in [1.165, 1.54) is 9.80 Å². The first-order chi connectivity index (χ1) is 10.8. The molecule has 0 saturated carbocycles. The lowest BCUT2D eigenvalue weighted by Gasteiger charge is -2.22. The molecule has 6 nitrogen and oxygen atoms in total. The second-order valence-corrected chi connectivity index (χ2v) is 5.13. The molecule has 0 spiro atoms. The molecular weight excluding hydrogens is 308 g/mol. The minimum atomic E-state index is -2.41. The molecule has 1 aromatic carbocycles. The van der Waals surface area contributed by atoms with E-state index in [0.29, 0.717) is 6.54 Å².